The van der Waals surface area contributed by atoms with Gasteiger partial charge in [0.1, 0.15) is 0 Å². The van der Waals surface area contributed by atoms with Gasteiger partial charge in [0.15, 0.2) is 0 Å². The maximum atomic E-state index is 11.7. The van der Waals surface area contributed by atoms with Crippen molar-refractivity contribution in [3.63, 3.8) is 0 Å². The smallest absolute Gasteiger partial charge is 0.390 e. The van der Waals surface area contributed by atoms with Crippen LogP contribution in [0, 0.1) is 6.92 Å². The van der Waals surface area contributed by atoms with Gasteiger partial charge in [-0.1, -0.05) is 0 Å². The Bertz CT molecular complexity index is 355. The van der Waals surface area contributed by atoms with Crippen LogP contribution < -0.4 is 10.3 Å². The fourth-order valence-electron chi connectivity index (χ4n) is 0.828. The number of aryl methyl sites for hydroxylation is 1. The third-order valence-electron chi connectivity index (χ3n) is 1.19. The molecule has 0 amide bonds. The summed E-state index contributed by atoms with van der Waals surface area (Å²) in [6.07, 6.45) is -4.78. The summed E-state index contributed by atoms with van der Waals surface area (Å²) in [4.78, 5) is 12.6. The summed E-state index contributed by atoms with van der Waals surface area (Å²) in [7, 11) is 0. The Hall–Kier alpha value is -1.46. The van der Waals surface area contributed by atoms with E-state index in [1.807, 2.05) is 4.98 Å². The minimum atomic E-state index is -4.78. The monoisotopic (exact) mass is 193 g/mol. The number of hydrogen-bond acceptors (Lipinski definition) is 2. The number of aromatic nitrogens is 1. The topological polar surface area (TPSA) is 42.1 Å². The molecule has 6 heteroatoms. The van der Waals surface area contributed by atoms with Crippen LogP contribution in [0.1, 0.15) is 5.56 Å². The number of H-pyrrole nitrogens is 1. The molecule has 1 N–H and O–H groups in total. The van der Waals surface area contributed by atoms with Gasteiger partial charge in [-0.3, -0.25) is 9.78 Å². The number of hydrogen-bond donors (Lipinski definition) is 1. The van der Waals surface area contributed by atoms with Gasteiger partial charge >= 0.3 is 6.36 Å². The SMILES string of the molecule is Cc1cc(OC(F)(F)F)[nH]c(=O)c1. The van der Waals surface area contributed by atoms with E-state index in [4.69, 9.17) is 0 Å². The van der Waals surface area contributed by atoms with Crippen molar-refractivity contribution in [1.82, 2.24) is 4.98 Å². The number of aromatic amines is 1. The highest BCUT2D eigenvalue weighted by molar-refractivity contribution is 5.18. The normalized spacial score (nSPS) is 11.4. The van der Waals surface area contributed by atoms with E-state index in [9.17, 15) is 18.0 Å². The Balaban J connectivity index is 2.96. The fraction of sp³-hybridized carbons (Fsp3) is 0.286. The summed E-state index contributed by atoms with van der Waals surface area (Å²) >= 11 is 0. The molecule has 1 aromatic rings. The third kappa shape index (κ3) is 3.18. The summed E-state index contributed by atoms with van der Waals surface area (Å²) in [5, 5.41) is 0. The van der Waals surface area contributed by atoms with Gasteiger partial charge in [-0.2, -0.15) is 0 Å². The Morgan fingerprint density at radius 1 is 1.38 bits per heavy atom. The summed E-state index contributed by atoms with van der Waals surface area (Å²) in [6.45, 7) is 1.50. The Morgan fingerprint density at radius 2 is 2.00 bits per heavy atom. The average Bonchev–Trinajstić information content (AvgIpc) is 1.78. The summed E-state index contributed by atoms with van der Waals surface area (Å²) in [5.74, 6) is -0.600. The van der Waals surface area contributed by atoms with Gasteiger partial charge in [0, 0.05) is 12.1 Å². The van der Waals surface area contributed by atoms with E-state index in [1.165, 1.54) is 13.0 Å². The Morgan fingerprint density at radius 3 is 2.46 bits per heavy atom. The van der Waals surface area contributed by atoms with Crippen LogP contribution in [0.25, 0.3) is 0 Å². The number of pyridine rings is 1. The van der Waals surface area contributed by atoms with Crippen molar-refractivity contribution in [3.05, 3.63) is 28.0 Å². The maximum absolute atomic E-state index is 11.7. The molecule has 0 aromatic carbocycles. The van der Waals surface area contributed by atoms with E-state index in [1.54, 1.807) is 0 Å². The average molecular weight is 193 g/mol. The zero-order chi connectivity index (χ0) is 10.1. The molecule has 0 radical (unpaired) electrons. The molecule has 0 saturated carbocycles. The van der Waals surface area contributed by atoms with Gasteiger partial charge < -0.3 is 4.74 Å². The van der Waals surface area contributed by atoms with Gasteiger partial charge in [0.05, 0.1) is 0 Å². The van der Waals surface area contributed by atoms with Gasteiger partial charge in [-0.25, -0.2) is 0 Å². The van der Waals surface area contributed by atoms with Crippen molar-refractivity contribution < 1.29 is 17.9 Å². The molecule has 1 heterocycles. The molecular weight excluding hydrogens is 187 g/mol. The zero-order valence-electron chi connectivity index (χ0n) is 6.61. The summed E-state index contributed by atoms with van der Waals surface area (Å²) in [6, 6.07) is 2.26. The molecule has 1 aromatic heterocycles. The molecule has 0 aliphatic carbocycles. The van der Waals surface area contributed by atoms with Crippen LogP contribution in [-0.2, 0) is 0 Å². The molecule has 72 valence electrons. The fourth-order valence-corrected chi connectivity index (χ4v) is 0.828. The Labute approximate surface area is 71.2 Å². The molecule has 0 saturated heterocycles. The molecule has 3 nitrogen and oxygen atoms in total. The van der Waals surface area contributed by atoms with Crippen LogP contribution >= 0.6 is 0 Å². The van der Waals surface area contributed by atoms with Crippen LogP contribution in [0.5, 0.6) is 5.88 Å². The highest BCUT2D eigenvalue weighted by atomic mass is 19.4. The highest BCUT2D eigenvalue weighted by Crippen LogP contribution is 2.19. The lowest BCUT2D eigenvalue weighted by Gasteiger charge is -2.07. The molecule has 0 atom stereocenters. The second-order valence-electron chi connectivity index (χ2n) is 2.43. The third-order valence-corrected chi connectivity index (χ3v) is 1.19. The van der Waals surface area contributed by atoms with Gasteiger partial charge in [0.2, 0.25) is 5.88 Å². The predicted molar refractivity (Wildman–Crippen MR) is 38.5 cm³/mol. The van der Waals surface area contributed by atoms with Crippen molar-refractivity contribution in [2.45, 2.75) is 13.3 Å². The van der Waals surface area contributed by atoms with E-state index in [-0.39, 0.29) is 0 Å². The van der Waals surface area contributed by atoms with E-state index < -0.39 is 17.8 Å². The van der Waals surface area contributed by atoms with E-state index in [2.05, 4.69) is 4.74 Å². The molecule has 0 unspecified atom stereocenters. The molecule has 0 aliphatic rings. The highest BCUT2D eigenvalue weighted by Gasteiger charge is 2.31. The molecule has 0 bridgehead atoms. The minimum Gasteiger partial charge on any atom is -0.390 e. The predicted octanol–water partition coefficient (Wildman–Crippen LogP) is 1.58. The molecule has 0 spiro atoms. The number of halogens is 3. The van der Waals surface area contributed by atoms with E-state index >= 15 is 0 Å². The quantitative estimate of drug-likeness (QED) is 0.735. The van der Waals surface area contributed by atoms with Crippen LogP contribution in [0.2, 0.25) is 0 Å². The van der Waals surface area contributed by atoms with E-state index in [0.717, 1.165) is 6.07 Å². The maximum Gasteiger partial charge on any atom is 0.574 e. The first kappa shape index (κ1) is 9.63. The van der Waals surface area contributed by atoms with Crippen molar-refractivity contribution in [2.75, 3.05) is 0 Å². The minimum absolute atomic E-state index is 0.406. The first-order valence-corrected chi connectivity index (χ1v) is 3.33. The second-order valence-corrected chi connectivity index (χ2v) is 2.43. The van der Waals surface area contributed by atoms with Crippen LogP contribution in [0.3, 0.4) is 0 Å². The number of alkyl halides is 3. The lowest BCUT2D eigenvalue weighted by Crippen LogP contribution is -2.20. The Kier molecular flexibility index (Phi) is 2.31. The molecular formula is C7H6F3NO2. The van der Waals surface area contributed by atoms with Gasteiger partial charge in [0.25, 0.3) is 5.56 Å². The molecule has 0 fully saturated rings. The van der Waals surface area contributed by atoms with Crippen molar-refractivity contribution in [2.24, 2.45) is 0 Å². The van der Waals surface area contributed by atoms with Gasteiger partial charge in [-0.05, 0) is 12.5 Å². The van der Waals surface area contributed by atoms with Crippen LogP contribution in [0.15, 0.2) is 16.9 Å². The summed E-state index contributed by atoms with van der Waals surface area (Å²) < 4.78 is 38.5. The van der Waals surface area contributed by atoms with Gasteiger partial charge in [-0.15, -0.1) is 13.2 Å². The lowest BCUT2D eigenvalue weighted by atomic mass is 10.3. The first-order chi connectivity index (χ1) is 5.87. The molecule has 13 heavy (non-hydrogen) atoms. The number of rotatable bonds is 1. The largest absolute Gasteiger partial charge is 0.574 e. The van der Waals surface area contributed by atoms with E-state index in [0.29, 0.717) is 5.56 Å². The summed E-state index contributed by atoms with van der Waals surface area (Å²) in [5.41, 5.74) is -0.220. The number of ether oxygens (including phenoxy) is 1. The van der Waals surface area contributed by atoms with Crippen LogP contribution in [0.4, 0.5) is 13.2 Å². The van der Waals surface area contributed by atoms with Crippen LogP contribution in [-0.4, -0.2) is 11.3 Å². The first-order valence-electron chi connectivity index (χ1n) is 3.33. The lowest BCUT2D eigenvalue weighted by molar-refractivity contribution is -0.276. The second kappa shape index (κ2) is 3.12. The zero-order valence-corrected chi connectivity index (χ0v) is 6.61. The van der Waals surface area contributed by atoms with Crippen molar-refractivity contribution in [3.8, 4) is 5.88 Å². The standard InChI is InChI=1S/C7H6F3NO2/c1-4-2-5(12)11-6(3-4)13-7(8,9)10/h2-3H,1H3,(H,11,12). The molecule has 0 aliphatic heterocycles. The number of nitrogens with one attached hydrogen (secondary N) is 1. The molecule has 1 rings (SSSR count). The van der Waals surface area contributed by atoms with Crippen molar-refractivity contribution >= 4 is 0 Å². The van der Waals surface area contributed by atoms with Crippen molar-refractivity contribution in [1.29, 1.82) is 0 Å².